The van der Waals surface area contributed by atoms with Crippen LogP contribution in [0.5, 0.6) is 0 Å². The highest BCUT2D eigenvalue weighted by molar-refractivity contribution is 8.76. The number of benzene rings is 2. The molecular weight excluding hydrogens is 284 g/mol. The monoisotopic (exact) mass is 304 g/mol. The fraction of sp³-hybridized carbons (Fsp3) is 0.250. The molecular formula is C16H20N2S2. The van der Waals surface area contributed by atoms with E-state index in [0.29, 0.717) is 0 Å². The zero-order chi connectivity index (χ0) is 14.9. The summed E-state index contributed by atoms with van der Waals surface area (Å²) in [5.41, 5.74) is 18.9. The van der Waals surface area contributed by atoms with Crippen LogP contribution in [0.1, 0.15) is 22.3 Å². The number of nitrogens with two attached hydrogens (primary N) is 2. The van der Waals surface area contributed by atoms with E-state index in [-0.39, 0.29) is 0 Å². The average Bonchev–Trinajstić information content (AvgIpc) is 2.42. The van der Waals surface area contributed by atoms with Gasteiger partial charge < -0.3 is 11.5 Å². The number of aryl methyl sites for hydroxylation is 2. The van der Waals surface area contributed by atoms with Gasteiger partial charge in [-0.15, -0.1) is 0 Å². The van der Waals surface area contributed by atoms with Crippen molar-refractivity contribution in [3.05, 3.63) is 46.5 Å². The van der Waals surface area contributed by atoms with E-state index in [2.05, 4.69) is 39.8 Å². The van der Waals surface area contributed by atoms with Crippen molar-refractivity contribution in [1.29, 1.82) is 0 Å². The number of anilines is 2. The van der Waals surface area contributed by atoms with E-state index in [1.165, 1.54) is 22.3 Å². The third-order valence-corrected chi connectivity index (χ3v) is 6.37. The minimum Gasteiger partial charge on any atom is -0.398 e. The van der Waals surface area contributed by atoms with Crippen LogP contribution < -0.4 is 11.5 Å². The highest BCUT2D eigenvalue weighted by atomic mass is 33.1. The smallest absolute Gasteiger partial charge is 0.0464 e. The minimum atomic E-state index is 0.828. The molecule has 0 heterocycles. The maximum absolute atomic E-state index is 6.10. The Morgan fingerprint density at radius 3 is 1.35 bits per heavy atom. The summed E-state index contributed by atoms with van der Waals surface area (Å²) in [6.07, 6.45) is 0. The molecule has 0 radical (unpaired) electrons. The molecule has 0 atom stereocenters. The number of hydrogen-bond acceptors (Lipinski definition) is 4. The Labute approximate surface area is 128 Å². The Bertz CT molecular complexity index is 594. The summed E-state index contributed by atoms with van der Waals surface area (Å²) in [5.74, 6) is 0. The Balaban J connectivity index is 2.31. The summed E-state index contributed by atoms with van der Waals surface area (Å²) >= 11 is 0. The first-order valence-corrected chi connectivity index (χ1v) is 8.62. The molecule has 0 aliphatic rings. The molecule has 0 saturated carbocycles. The normalized spacial score (nSPS) is 10.8. The quantitative estimate of drug-likeness (QED) is 0.626. The Morgan fingerprint density at radius 2 is 1.00 bits per heavy atom. The summed E-state index contributed by atoms with van der Waals surface area (Å²) in [6.45, 7) is 8.44. The highest BCUT2D eigenvalue weighted by Crippen LogP contribution is 2.45. The Kier molecular flexibility index (Phi) is 4.55. The molecule has 0 aliphatic carbocycles. The topological polar surface area (TPSA) is 52.0 Å². The Morgan fingerprint density at radius 1 is 0.650 bits per heavy atom. The molecule has 4 heteroatoms. The summed E-state index contributed by atoms with van der Waals surface area (Å²) in [7, 11) is 3.38. The molecule has 0 unspecified atom stereocenters. The van der Waals surface area contributed by atoms with E-state index < -0.39 is 0 Å². The molecule has 2 nitrogen and oxygen atoms in total. The van der Waals surface area contributed by atoms with Crippen molar-refractivity contribution < 1.29 is 0 Å². The number of nitrogen functional groups attached to an aromatic ring is 2. The minimum absolute atomic E-state index is 0.828. The zero-order valence-corrected chi connectivity index (χ0v) is 13.9. The van der Waals surface area contributed by atoms with Gasteiger partial charge >= 0.3 is 0 Å². The van der Waals surface area contributed by atoms with Crippen molar-refractivity contribution in [2.24, 2.45) is 0 Å². The number of rotatable bonds is 3. The van der Waals surface area contributed by atoms with Crippen molar-refractivity contribution in [2.75, 3.05) is 11.5 Å². The fourth-order valence-corrected chi connectivity index (χ4v) is 4.82. The van der Waals surface area contributed by atoms with E-state index in [4.69, 9.17) is 11.5 Å². The second-order valence-electron chi connectivity index (χ2n) is 5.02. The average molecular weight is 304 g/mol. The van der Waals surface area contributed by atoms with Crippen molar-refractivity contribution in [2.45, 2.75) is 37.5 Å². The molecule has 2 aromatic carbocycles. The van der Waals surface area contributed by atoms with Crippen molar-refractivity contribution in [3.8, 4) is 0 Å². The van der Waals surface area contributed by atoms with Gasteiger partial charge in [-0.05, 0) is 62.1 Å². The number of hydrogen-bond donors (Lipinski definition) is 2. The van der Waals surface area contributed by atoms with Gasteiger partial charge in [0.1, 0.15) is 0 Å². The van der Waals surface area contributed by atoms with Gasteiger partial charge in [0.15, 0.2) is 0 Å². The van der Waals surface area contributed by atoms with Gasteiger partial charge in [-0.25, -0.2) is 0 Å². The van der Waals surface area contributed by atoms with E-state index in [1.807, 2.05) is 12.1 Å². The SMILES string of the molecule is Cc1ccc(N)c(SSc2c(N)ccc(C)c2C)c1C. The Hall–Kier alpha value is -1.26. The van der Waals surface area contributed by atoms with Gasteiger partial charge in [-0.1, -0.05) is 33.7 Å². The van der Waals surface area contributed by atoms with Gasteiger partial charge in [0.2, 0.25) is 0 Å². The summed E-state index contributed by atoms with van der Waals surface area (Å²) in [6, 6.07) is 8.06. The van der Waals surface area contributed by atoms with Crippen molar-refractivity contribution in [3.63, 3.8) is 0 Å². The van der Waals surface area contributed by atoms with E-state index in [9.17, 15) is 0 Å². The van der Waals surface area contributed by atoms with Gasteiger partial charge in [0.05, 0.1) is 0 Å². The molecule has 106 valence electrons. The van der Waals surface area contributed by atoms with Crippen LogP contribution >= 0.6 is 21.6 Å². The molecule has 2 aromatic rings. The molecule has 0 saturated heterocycles. The van der Waals surface area contributed by atoms with Crippen LogP contribution in [0.4, 0.5) is 11.4 Å². The lowest BCUT2D eigenvalue weighted by molar-refractivity contribution is 1.24. The largest absolute Gasteiger partial charge is 0.398 e. The predicted molar refractivity (Wildman–Crippen MR) is 92.4 cm³/mol. The molecule has 4 N–H and O–H groups in total. The van der Waals surface area contributed by atoms with E-state index in [1.54, 1.807) is 21.6 Å². The van der Waals surface area contributed by atoms with Crippen molar-refractivity contribution in [1.82, 2.24) is 0 Å². The molecule has 0 bridgehead atoms. The maximum atomic E-state index is 6.10. The van der Waals surface area contributed by atoms with Gasteiger partial charge in [-0.3, -0.25) is 0 Å². The van der Waals surface area contributed by atoms with Gasteiger partial charge in [0.25, 0.3) is 0 Å². The fourth-order valence-electron chi connectivity index (χ4n) is 1.93. The molecule has 0 spiro atoms. The third-order valence-electron chi connectivity index (χ3n) is 3.62. The predicted octanol–water partition coefficient (Wildman–Crippen LogP) is 4.88. The lowest BCUT2D eigenvalue weighted by atomic mass is 10.1. The summed E-state index contributed by atoms with van der Waals surface area (Å²) in [5, 5.41) is 0. The first-order chi connectivity index (χ1) is 9.41. The highest BCUT2D eigenvalue weighted by Gasteiger charge is 2.11. The molecule has 0 aliphatic heterocycles. The van der Waals surface area contributed by atoms with E-state index in [0.717, 1.165) is 21.2 Å². The first kappa shape index (κ1) is 15.1. The molecule has 0 amide bonds. The zero-order valence-electron chi connectivity index (χ0n) is 12.3. The van der Waals surface area contributed by atoms with Gasteiger partial charge in [0, 0.05) is 21.2 Å². The third kappa shape index (κ3) is 2.91. The molecule has 0 fully saturated rings. The second kappa shape index (κ2) is 6.02. The lowest BCUT2D eigenvalue weighted by Gasteiger charge is -2.14. The molecule has 2 rings (SSSR count). The lowest BCUT2D eigenvalue weighted by Crippen LogP contribution is -1.94. The summed E-state index contributed by atoms with van der Waals surface area (Å²) < 4.78 is 0. The van der Waals surface area contributed by atoms with Crippen LogP contribution in [-0.4, -0.2) is 0 Å². The second-order valence-corrected chi connectivity index (χ2v) is 7.17. The maximum Gasteiger partial charge on any atom is 0.0464 e. The van der Waals surface area contributed by atoms with Crippen LogP contribution in [0.2, 0.25) is 0 Å². The first-order valence-electron chi connectivity index (χ1n) is 6.47. The van der Waals surface area contributed by atoms with Crippen LogP contribution in [-0.2, 0) is 0 Å². The van der Waals surface area contributed by atoms with Gasteiger partial charge in [-0.2, -0.15) is 0 Å². The van der Waals surface area contributed by atoms with Crippen LogP contribution in [0.15, 0.2) is 34.1 Å². The van der Waals surface area contributed by atoms with Crippen LogP contribution in [0, 0.1) is 27.7 Å². The summed E-state index contributed by atoms with van der Waals surface area (Å²) in [4.78, 5) is 2.27. The molecule has 0 aromatic heterocycles. The van der Waals surface area contributed by atoms with Crippen LogP contribution in [0.3, 0.4) is 0 Å². The molecule has 20 heavy (non-hydrogen) atoms. The van der Waals surface area contributed by atoms with Crippen molar-refractivity contribution >= 4 is 33.0 Å². The van der Waals surface area contributed by atoms with E-state index >= 15 is 0 Å². The van der Waals surface area contributed by atoms with Crippen LogP contribution in [0.25, 0.3) is 0 Å². The standard InChI is InChI=1S/C16H20N2S2/c1-9-5-7-13(17)15(11(9)3)19-20-16-12(4)10(2)6-8-14(16)18/h5-8H,17-18H2,1-4H3.